The van der Waals surface area contributed by atoms with E-state index in [4.69, 9.17) is 11.6 Å². The van der Waals surface area contributed by atoms with Gasteiger partial charge in [0.1, 0.15) is 5.75 Å². The lowest BCUT2D eigenvalue weighted by Gasteiger charge is -2.11. The van der Waals surface area contributed by atoms with Crippen molar-refractivity contribution in [3.8, 4) is 5.75 Å². The Labute approximate surface area is 82.8 Å². The molecule has 0 aliphatic carbocycles. The molecule has 2 N–H and O–H groups in total. The van der Waals surface area contributed by atoms with E-state index in [2.05, 4.69) is 0 Å². The summed E-state index contributed by atoms with van der Waals surface area (Å²) in [4.78, 5) is 0. The van der Waals surface area contributed by atoms with Crippen molar-refractivity contribution >= 4 is 11.6 Å². The van der Waals surface area contributed by atoms with Gasteiger partial charge in [-0.3, -0.25) is 0 Å². The summed E-state index contributed by atoms with van der Waals surface area (Å²) in [5, 5.41) is 18.9. The first-order valence-corrected chi connectivity index (χ1v) is 4.64. The van der Waals surface area contributed by atoms with Gasteiger partial charge in [0.05, 0.1) is 12.0 Å². The van der Waals surface area contributed by atoms with E-state index in [0.29, 0.717) is 0 Å². The average molecular weight is 201 g/mol. The minimum Gasteiger partial charge on any atom is -0.507 e. The van der Waals surface area contributed by atoms with E-state index < -0.39 is 6.10 Å². The van der Waals surface area contributed by atoms with Crippen LogP contribution in [0.25, 0.3) is 0 Å². The molecule has 1 aromatic carbocycles. The molecule has 0 amide bonds. The quantitative estimate of drug-likeness (QED) is 0.720. The average Bonchev–Trinajstić information content (AvgIpc) is 2.12. The van der Waals surface area contributed by atoms with E-state index in [9.17, 15) is 10.2 Å². The zero-order valence-electron chi connectivity index (χ0n) is 7.71. The van der Waals surface area contributed by atoms with Crippen molar-refractivity contribution in [3.05, 3.63) is 28.8 Å². The molecule has 0 saturated heterocycles. The Hall–Kier alpha value is -0.730. The molecule has 0 saturated carbocycles. The SMILES string of the molecule is Cc1cc(C(O)CCl)cc(C)c1O. The lowest BCUT2D eigenvalue weighted by Crippen LogP contribution is -1.99. The normalized spacial score (nSPS) is 12.9. The summed E-state index contributed by atoms with van der Waals surface area (Å²) < 4.78 is 0. The molecule has 0 aromatic heterocycles. The number of hydrogen-bond acceptors (Lipinski definition) is 2. The molecular formula is C10H13ClO2. The van der Waals surface area contributed by atoms with Gasteiger partial charge in [0, 0.05) is 0 Å². The van der Waals surface area contributed by atoms with Crippen LogP contribution in [-0.4, -0.2) is 16.1 Å². The van der Waals surface area contributed by atoms with Crippen LogP contribution in [0.15, 0.2) is 12.1 Å². The summed E-state index contributed by atoms with van der Waals surface area (Å²) >= 11 is 5.52. The molecule has 1 atom stereocenters. The van der Waals surface area contributed by atoms with E-state index in [-0.39, 0.29) is 11.6 Å². The van der Waals surface area contributed by atoms with E-state index in [1.54, 1.807) is 26.0 Å². The first-order valence-electron chi connectivity index (χ1n) is 4.10. The third-order valence-corrected chi connectivity index (χ3v) is 2.34. The number of rotatable bonds is 2. The molecule has 0 spiro atoms. The molecule has 13 heavy (non-hydrogen) atoms. The zero-order valence-corrected chi connectivity index (χ0v) is 8.47. The maximum atomic E-state index is 9.47. The third kappa shape index (κ3) is 2.14. The van der Waals surface area contributed by atoms with E-state index >= 15 is 0 Å². The van der Waals surface area contributed by atoms with Crippen LogP contribution in [0.4, 0.5) is 0 Å². The second-order valence-electron chi connectivity index (χ2n) is 3.17. The van der Waals surface area contributed by atoms with Crippen molar-refractivity contribution in [2.75, 3.05) is 5.88 Å². The molecule has 1 unspecified atom stereocenters. The molecule has 1 aromatic rings. The largest absolute Gasteiger partial charge is 0.507 e. The van der Waals surface area contributed by atoms with E-state index in [1.807, 2.05) is 0 Å². The summed E-state index contributed by atoms with van der Waals surface area (Å²) in [7, 11) is 0. The molecule has 0 radical (unpaired) electrons. The van der Waals surface area contributed by atoms with Crippen LogP contribution in [-0.2, 0) is 0 Å². The minimum absolute atomic E-state index is 0.170. The zero-order chi connectivity index (χ0) is 10.0. The Morgan fingerprint density at radius 3 is 2.15 bits per heavy atom. The lowest BCUT2D eigenvalue weighted by molar-refractivity contribution is 0.202. The lowest BCUT2D eigenvalue weighted by atomic mass is 10.0. The standard InChI is InChI=1S/C10H13ClO2/c1-6-3-8(9(12)5-11)4-7(2)10(6)13/h3-4,9,12-13H,5H2,1-2H3. The van der Waals surface area contributed by atoms with E-state index in [0.717, 1.165) is 16.7 Å². The van der Waals surface area contributed by atoms with Gasteiger partial charge in [-0.05, 0) is 42.7 Å². The minimum atomic E-state index is -0.653. The number of halogens is 1. The summed E-state index contributed by atoms with van der Waals surface area (Å²) in [6.07, 6.45) is -0.653. The highest BCUT2D eigenvalue weighted by molar-refractivity contribution is 6.18. The first-order chi connectivity index (χ1) is 6.06. The molecule has 0 fully saturated rings. The second-order valence-corrected chi connectivity index (χ2v) is 3.48. The fraction of sp³-hybridized carbons (Fsp3) is 0.400. The van der Waals surface area contributed by atoms with E-state index in [1.165, 1.54) is 0 Å². The maximum Gasteiger partial charge on any atom is 0.121 e. The van der Waals surface area contributed by atoms with Crippen molar-refractivity contribution in [3.63, 3.8) is 0 Å². The predicted octanol–water partition coefficient (Wildman–Crippen LogP) is 2.28. The maximum absolute atomic E-state index is 9.47. The highest BCUT2D eigenvalue weighted by Gasteiger charge is 2.09. The number of aromatic hydroxyl groups is 1. The van der Waals surface area contributed by atoms with Crippen LogP contribution in [0.1, 0.15) is 22.8 Å². The Morgan fingerprint density at radius 1 is 1.31 bits per heavy atom. The first kappa shape index (κ1) is 10.4. The highest BCUT2D eigenvalue weighted by atomic mass is 35.5. The van der Waals surface area contributed by atoms with Gasteiger partial charge in [-0.15, -0.1) is 11.6 Å². The molecule has 0 aliphatic rings. The monoisotopic (exact) mass is 200 g/mol. The fourth-order valence-electron chi connectivity index (χ4n) is 1.27. The van der Waals surface area contributed by atoms with Gasteiger partial charge in [-0.1, -0.05) is 0 Å². The van der Waals surface area contributed by atoms with Gasteiger partial charge in [0.15, 0.2) is 0 Å². The van der Waals surface area contributed by atoms with Crippen molar-refractivity contribution in [2.45, 2.75) is 20.0 Å². The highest BCUT2D eigenvalue weighted by Crippen LogP contribution is 2.26. The molecule has 72 valence electrons. The molecule has 0 bridgehead atoms. The number of aliphatic hydroxyl groups excluding tert-OH is 1. The number of alkyl halides is 1. The number of phenolic OH excluding ortho intramolecular Hbond substituents is 1. The Bertz CT molecular complexity index is 287. The third-order valence-electron chi connectivity index (χ3n) is 2.04. The van der Waals surface area contributed by atoms with Crippen molar-refractivity contribution < 1.29 is 10.2 Å². The van der Waals surface area contributed by atoms with Crippen molar-refractivity contribution in [1.29, 1.82) is 0 Å². The molecule has 2 nitrogen and oxygen atoms in total. The molecule has 1 rings (SSSR count). The van der Waals surface area contributed by atoms with Gasteiger partial charge in [0.2, 0.25) is 0 Å². The number of hydrogen-bond donors (Lipinski definition) is 2. The Morgan fingerprint density at radius 2 is 1.77 bits per heavy atom. The van der Waals surface area contributed by atoms with Gasteiger partial charge in [-0.2, -0.15) is 0 Å². The molecule has 0 aliphatic heterocycles. The molecule has 3 heteroatoms. The van der Waals surface area contributed by atoms with Gasteiger partial charge < -0.3 is 10.2 Å². The summed E-state index contributed by atoms with van der Waals surface area (Å²) in [6.45, 7) is 3.60. The summed E-state index contributed by atoms with van der Waals surface area (Å²) in [5.74, 6) is 0.453. The number of benzene rings is 1. The van der Waals surface area contributed by atoms with Gasteiger partial charge in [-0.25, -0.2) is 0 Å². The Balaban J connectivity index is 3.13. The van der Waals surface area contributed by atoms with Gasteiger partial charge in [0.25, 0.3) is 0 Å². The van der Waals surface area contributed by atoms with Crippen LogP contribution in [0.5, 0.6) is 5.75 Å². The number of aryl methyl sites for hydroxylation is 2. The fourth-order valence-corrected chi connectivity index (χ4v) is 1.45. The Kier molecular flexibility index (Phi) is 3.17. The molecule has 0 heterocycles. The van der Waals surface area contributed by atoms with Crippen LogP contribution >= 0.6 is 11.6 Å². The second kappa shape index (κ2) is 3.99. The van der Waals surface area contributed by atoms with Gasteiger partial charge >= 0.3 is 0 Å². The van der Waals surface area contributed by atoms with Crippen LogP contribution in [0, 0.1) is 13.8 Å². The number of aliphatic hydroxyl groups is 1. The summed E-state index contributed by atoms with van der Waals surface area (Å²) in [6, 6.07) is 3.49. The predicted molar refractivity (Wildman–Crippen MR) is 53.3 cm³/mol. The summed E-state index contributed by atoms with van der Waals surface area (Å²) in [5.41, 5.74) is 2.28. The smallest absolute Gasteiger partial charge is 0.121 e. The van der Waals surface area contributed by atoms with Crippen molar-refractivity contribution in [1.82, 2.24) is 0 Å². The van der Waals surface area contributed by atoms with Crippen LogP contribution in [0.2, 0.25) is 0 Å². The van der Waals surface area contributed by atoms with Crippen molar-refractivity contribution in [2.24, 2.45) is 0 Å². The molecular weight excluding hydrogens is 188 g/mol. The number of phenols is 1. The topological polar surface area (TPSA) is 40.5 Å². The van der Waals surface area contributed by atoms with Crippen LogP contribution in [0.3, 0.4) is 0 Å². The van der Waals surface area contributed by atoms with Crippen LogP contribution < -0.4 is 0 Å².